The van der Waals surface area contributed by atoms with Crippen LogP contribution in [-0.4, -0.2) is 32.6 Å². The summed E-state index contributed by atoms with van der Waals surface area (Å²) in [4.78, 5) is 12.3. The molecule has 0 aliphatic rings. The molecule has 0 heterocycles. The topological polar surface area (TPSA) is 53.2 Å². The highest BCUT2D eigenvalue weighted by atomic mass is 16.1. The summed E-state index contributed by atoms with van der Waals surface area (Å²) in [5.41, 5.74) is 1.78. The van der Waals surface area contributed by atoms with Crippen LogP contribution in [0.2, 0.25) is 0 Å². The molecule has 0 unspecified atom stereocenters. The predicted octanol–water partition coefficient (Wildman–Crippen LogP) is 6.67. The van der Waals surface area contributed by atoms with Gasteiger partial charge in [-0.25, -0.2) is 0 Å². The van der Waals surface area contributed by atoms with Crippen LogP contribution in [0.4, 0.5) is 0 Å². The Bertz CT molecular complexity index is 535. The molecule has 0 spiro atoms. The van der Waals surface area contributed by atoms with Gasteiger partial charge in [-0.2, -0.15) is 0 Å². The number of hydrogen-bond acceptors (Lipinski definition) is 3. The highest BCUT2D eigenvalue weighted by Crippen LogP contribution is 2.32. The van der Waals surface area contributed by atoms with E-state index in [0.29, 0.717) is 23.8 Å². The molecular weight excluding hydrogens is 394 g/mol. The molecule has 0 saturated heterocycles. The Morgan fingerprint density at radius 2 is 1.38 bits per heavy atom. The van der Waals surface area contributed by atoms with Crippen LogP contribution in [0.1, 0.15) is 113 Å². The molecule has 3 N–H and O–H groups in total. The quantitative estimate of drug-likeness (QED) is 0.205. The van der Waals surface area contributed by atoms with E-state index in [1.54, 1.807) is 0 Å². The zero-order valence-corrected chi connectivity index (χ0v) is 23.2. The van der Waals surface area contributed by atoms with Crippen LogP contribution in [-0.2, 0) is 4.79 Å². The first-order valence-electron chi connectivity index (χ1n) is 13.0. The van der Waals surface area contributed by atoms with E-state index in [-0.39, 0.29) is 11.3 Å². The standard InChI is InChI=1S/C28H57N3O/c1-23(2)13-11-15-27(6,7)19-20-30-24(3)21-31-25(32)14-18-26(4,5)16-12-17-28(8,9)22-29-10/h23,29-30H,3,11-22H2,1-2,4-10H3,(H,31,32). The number of carbonyl (C=O) groups excluding carboxylic acids is 1. The molecule has 0 aromatic carbocycles. The van der Waals surface area contributed by atoms with Crippen LogP contribution in [0.5, 0.6) is 0 Å². The summed E-state index contributed by atoms with van der Waals surface area (Å²) >= 11 is 0. The average Bonchev–Trinajstić information content (AvgIpc) is 2.63. The minimum atomic E-state index is 0.130. The van der Waals surface area contributed by atoms with Crippen LogP contribution < -0.4 is 16.0 Å². The van der Waals surface area contributed by atoms with Crippen molar-refractivity contribution >= 4 is 5.91 Å². The summed E-state index contributed by atoms with van der Waals surface area (Å²) in [5, 5.41) is 9.73. The third-order valence-corrected chi connectivity index (χ3v) is 6.70. The lowest BCUT2D eigenvalue weighted by molar-refractivity contribution is -0.121. The summed E-state index contributed by atoms with van der Waals surface area (Å²) in [6.07, 6.45) is 10.1. The molecule has 0 aromatic rings. The van der Waals surface area contributed by atoms with Crippen molar-refractivity contribution in [2.45, 2.75) is 113 Å². The monoisotopic (exact) mass is 451 g/mol. The van der Waals surface area contributed by atoms with Crippen LogP contribution >= 0.6 is 0 Å². The lowest BCUT2D eigenvalue weighted by atomic mass is 9.79. The van der Waals surface area contributed by atoms with Crippen LogP contribution in [0.25, 0.3) is 0 Å². The van der Waals surface area contributed by atoms with Crippen molar-refractivity contribution in [3.05, 3.63) is 12.3 Å². The van der Waals surface area contributed by atoms with Gasteiger partial charge in [0.15, 0.2) is 0 Å². The molecule has 0 fully saturated rings. The Labute approximate surface area is 201 Å². The van der Waals surface area contributed by atoms with Gasteiger partial charge in [0.25, 0.3) is 0 Å². The number of rotatable bonds is 19. The van der Waals surface area contributed by atoms with Gasteiger partial charge in [-0.15, -0.1) is 0 Å². The van der Waals surface area contributed by atoms with E-state index >= 15 is 0 Å². The van der Waals surface area contributed by atoms with E-state index in [4.69, 9.17) is 0 Å². The third kappa shape index (κ3) is 17.5. The highest BCUT2D eigenvalue weighted by Gasteiger charge is 2.22. The second kappa shape index (κ2) is 15.0. The Balaban J connectivity index is 4.03. The minimum absolute atomic E-state index is 0.130. The largest absolute Gasteiger partial charge is 0.387 e. The third-order valence-electron chi connectivity index (χ3n) is 6.70. The van der Waals surface area contributed by atoms with E-state index in [2.05, 4.69) is 77.9 Å². The van der Waals surface area contributed by atoms with Crippen LogP contribution in [0, 0.1) is 22.2 Å². The predicted molar refractivity (Wildman–Crippen MR) is 142 cm³/mol. The molecule has 0 aromatic heterocycles. The number of nitrogens with one attached hydrogen (secondary N) is 3. The van der Waals surface area contributed by atoms with E-state index in [9.17, 15) is 4.79 Å². The maximum atomic E-state index is 12.3. The molecule has 0 saturated carbocycles. The molecule has 190 valence electrons. The second-order valence-corrected chi connectivity index (χ2v) is 12.7. The molecular formula is C28H57N3O. The van der Waals surface area contributed by atoms with E-state index in [0.717, 1.165) is 44.0 Å². The number of amides is 1. The molecule has 4 heteroatoms. The fourth-order valence-corrected chi connectivity index (χ4v) is 4.24. The van der Waals surface area contributed by atoms with Crippen molar-refractivity contribution in [3.8, 4) is 0 Å². The fraction of sp³-hybridized carbons (Fsp3) is 0.893. The molecule has 32 heavy (non-hydrogen) atoms. The number of carbonyl (C=O) groups is 1. The molecule has 0 aliphatic carbocycles. The first kappa shape index (κ1) is 31.0. The number of hydrogen-bond donors (Lipinski definition) is 3. The SMILES string of the molecule is C=C(CNC(=O)CCC(C)(C)CCCC(C)(C)CNC)NCCC(C)(C)CCCC(C)C. The molecule has 0 radical (unpaired) electrons. The van der Waals surface area contributed by atoms with Gasteiger partial charge in [0, 0.05) is 18.7 Å². The molecule has 0 atom stereocenters. The lowest BCUT2D eigenvalue weighted by Crippen LogP contribution is -2.32. The highest BCUT2D eigenvalue weighted by molar-refractivity contribution is 5.76. The normalized spacial score (nSPS) is 12.8. The first-order chi connectivity index (χ1) is 14.7. The van der Waals surface area contributed by atoms with Gasteiger partial charge in [-0.05, 0) is 67.9 Å². The van der Waals surface area contributed by atoms with Crippen molar-refractivity contribution in [3.63, 3.8) is 0 Å². The Morgan fingerprint density at radius 3 is 1.97 bits per heavy atom. The van der Waals surface area contributed by atoms with Crippen molar-refractivity contribution in [1.82, 2.24) is 16.0 Å². The van der Waals surface area contributed by atoms with Gasteiger partial charge in [0.1, 0.15) is 0 Å². The summed E-state index contributed by atoms with van der Waals surface area (Å²) in [5.74, 6) is 0.916. The summed E-state index contributed by atoms with van der Waals surface area (Å²) in [6.45, 7) is 25.1. The van der Waals surface area contributed by atoms with Crippen molar-refractivity contribution < 1.29 is 4.79 Å². The van der Waals surface area contributed by atoms with E-state index < -0.39 is 0 Å². The fourth-order valence-electron chi connectivity index (χ4n) is 4.24. The van der Waals surface area contributed by atoms with Gasteiger partial charge in [-0.3, -0.25) is 4.79 Å². The zero-order chi connectivity index (χ0) is 24.8. The van der Waals surface area contributed by atoms with E-state index in [1.165, 1.54) is 32.1 Å². The first-order valence-corrected chi connectivity index (χ1v) is 13.0. The van der Waals surface area contributed by atoms with Gasteiger partial charge in [0.2, 0.25) is 5.91 Å². The molecule has 0 rings (SSSR count). The molecule has 1 amide bonds. The smallest absolute Gasteiger partial charge is 0.220 e. The lowest BCUT2D eigenvalue weighted by Gasteiger charge is -2.28. The van der Waals surface area contributed by atoms with Gasteiger partial charge in [0.05, 0.1) is 6.54 Å². The summed E-state index contributed by atoms with van der Waals surface area (Å²) in [7, 11) is 2.02. The Kier molecular flexibility index (Phi) is 14.5. The second-order valence-electron chi connectivity index (χ2n) is 12.7. The molecule has 0 bridgehead atoms. The molecule has 4 nitrogen and oxygen atoms in total. The van der Waals surface area contributed by atoms with Crippen LogP contribution in [0.15, 0.2) is 12.3 Å². The molecule has 0 aliphatic heterocycles. The maximum Gasteiger partial charge on any atom is 0.220 e. The van der Waals surface area contributed by atoms with Crippen molar-refractivity contribution in [2.24, 2.45) is 22.2 Å². The maximum absolute atomic E-state index is 12.3. The Hall–Kier alpha value is -1.03. The van der Waals surface area contributed by atoms with Crippen molar-refractivity contribution in [1.29, 1.82) is 0 Å². The minimum Gasteiger partial charge on any atom is -0.387 e. The zero-order valence-electron chi connectivity index (χ0n) is 23.2. The van der Waals surface area contributed by atoms with Crippen LogP contribution in [0.3, 0.4) is 0 Å². The van der Waals surface area contributed by atoms with Gasteiger partial charge < -0.3 is 16.0 Å². The van der Waals surface area contributed by atoms with Gasteiger partial charge in [-0.1, -0.05) is 81.2 Å². The average molecular weight is 452 g/mol. The van der Waals surface area contributed by atoms with Crippen molar-refractivity contribution in [2.75, 3.05) is 26.7 Å². The van der Waals surface area contributed by atoms with E-state index in [1.807, 2.05) is 7.05 Å². The summed E-state index contributed by atoms with van der Waals surface area (Å²) in [6, 6.07) is 0. The summed E-state index contributed by atoms with van der Waals surface area (Å²) < 4.78 is 0. The van der Waals surface area contributed by atoms with Gasteiger partial charge >= 0.3 is 0 Å². The Morgan fingerprint density at radius 1 is 0.812 bits per heavy atom.